The molecule has 0 radical (unpaired) electrons. The number of halogens is 1. The van der Waals surface area contributed by atoms with Gasteiger partial charge in [0.05, 0.1) is 3.72 Å². The number of nitrogens with one attached hydrogen (secondary N) is 2. The molecule has 0 aliphatic carbocycles. The standard InChI is InChI=1S/C10H17IN2/c1-7(10(2,3)4)8(6-12)5-9(11)13/h5-7,12-13H,1-4H3/b8-5+,12-6?,13-9?. The van der Waals surface area contributed by atoms with Gasteiger partial charge in [-0.25, -0.2) is 0 Å². The van der Waals surface area contributed by atoms with Crippen molar-refractivity contribution in [1.82, 2.24) is 0 Å². The summed E-state index contributed by atoms with van der Waals surface area (Å²) in [5.41, 5.74) is 1.07. The number of hydrogen-bond acceptors (Lipinski definition) is 2. The third kappa shape index (κ3) is 4.55. The van der Waals surface area contributed by atoms with E-state index >= 15 is 0 Å². The van der Waals surface area contributed by atoms with Crippen molar-refractivity contribution in [2.45, 2.75) is 27.7 Å². The first-order valence-corrected chi connectivity index (χ1v) is 5.33. The zero-order valence-electron chi connectivity index (χ0n) is 8.61. The van der Waals surface area contributed by atoms with Crippen LogP contribution in [0.2, 0.25) is 0 Å². The van der Waals surface area contributed by atoms with E-state index in [-0.39, 0.29) is 5.41 Å². The SMILES string of the molecule is CC(/C(C=N)=C/C(=N)I)C(C)(C)C. The van der Waals surface area contributed by atoms with Gasteiger partial charge in [0, 0.05) is 6.21 Å². The second-order valence-corrected chi connectivity index (χ2v) is 5.39. The number of allylic oxidation sites excluding steroid dienone is 2. The van der Waals surface area contributed by atoms with Crippen LogP contribution < -0.4 is 0 Å². The van der Waals surface area contributed by atoms with E-state index in [1.807, 2.05) is 22.6 Å². The van der Waals surface area contributed by atoms with E-state index < -0.39 is 0 Å². The first-order chi connectivity index (χ1) is 5.79. The van der Waals surface area contributed by atoms with E-state index in [4.69, 9.17) is 10.8 Å². The van der Waals surface area contributed by atoms with Crippen molar-refractivity contribution in [3.05, 3.63) is 11.6 Å². The van der Waals surface area contributed by atoms with Crippen LogP contribution in [-0.2, 0) is 0 Å². The molecule has 3 heteroatoms. The van der Waals surface area contributed by atoms with Crippen LogP contribution in [0.3, 0.4) is 0 Å². The van der Waals surface area contributed by atoms with Crippen LogP contribution in [0.1, 0.15) is 27.7 Å². The van der Waals surface area contributed by atoms with E-state index in [9.17, 15) is 0 Å². The topological polar surface area (TPSA) is 47.7 Å². The molecule has 0 aromatic heterocycles. The normalized spacial score (nSPS) is 15.3. The molecule has 74 valence electrons. The molecule has 1 atom stereocenters. The van der Waals surface area contributed by atoms with Gasteiger partial charge in [0.25, 0.3) is 0 Å². The quantitative estimate of drug-likeness (QED) is 0.589. The minimum absolute atomic E-state index is 0.148. The lowest BCUT2D eigenvalue weighted by Crippen LogP contribution is -2.20. The van der Waals surface area contributed by atoms with Crippen molar-refractivity contribution in [1.29, 1.82) is 10.8 Å². The lowest BCUT2D eigenvalue weighted by molar-refractivity contribution is 0.308. The minimum atomic E-state index is 0.148. The summed E-state index contributed by atoms with van der Waals surface area (Å²) in [6.07, 6.45) is 3.10. The molecule has 13 heavy (non-hydrogen) atoms. The second-order valence-electron chi connectivity index (χ2n) is 4.22. The van der Waals surface area contributed by atoms with E-state index in [1.165, 1.54) is 6.21 Å². The summed E-state index contributed by atoms with van der Waals surface area (Å²) in [7, 11) is 0. The summed E-state index contributed by atoms with van der Waals surface area (Å²) in [5, 5.41) is 14.6. The summed E-state index contributed by atoms with van der Waals surface area (Å²) >= 11 is 1.95. The summed E-state index contributed by atoms with van der Waals surface area (Å²) in [6, 6.07) is 0. The largest absolute Gasteiger partial charge is 0.308 e. The van der Waals surface area contributed by atoms with Gasteiger partial charge in [-0.15, -0.1) is 0 Å². The highest BCUT2D eigenvalue weighted by atomic mass is 127. The van der Waals surface area contributed by atoms with Crippen molar-refractivity contribution in [3.8, 4) is 0 Å². The molecule has 0 amide bonds. The van der Waals surface area contributed by atoms with Crippen LogP contribution in [0, 0.1) is 22.2 Å². The Morgan fingerprint density at radius 3 is 2.08 bits per heavy atom. The molecule has 1 unspecified atom stereocenters. The van der Waals surface area contributed by atoms with Crippen molar-refractivity contribution < 1.29 is 0 Å². The van der Waals surface area contributed by atoms with Crippen molar-refractivity contribution in [2.24, 2.45) is 11.3 Å². The highest BCUT2D eigenvalue weighted by molar-refractivity contribution is 14.1. The third-order valence-electron chi connectivity index (χ3n) is 2.26. The van der Waals surface area contributed by atoms with Gasteiger partial charge in [-0.3, -0.25) is 5.41 Å². The molecule has 0 fully saturated rings. The molecule has 0 heterocycles. The molecule has 0 saturated carbocycles. The summed E-state index contributed by atoms with van der Waals surface area (Å²) in [5.74, 6) is 0.306. The highest BCUT2D eigenvalue weighted by Gasteiger charge is 2.22. The zero-order chi connectivity index (χ0) is 10.6. The number of rotatable bonds is 3. The molecule has 0 aromatic carbocycles. The van der Waals surface area contributed by atoms with Crippen LogP contribution in [-0.4, -0.2) is 9.93 Å². The molecular formula is C10H17IN2. The molecular weight excluding hydrogens is 275 g/mol. The Hall–Kier alpha value is -0.190. The predicted octanol–water partition coefficient (Wildman–Crippen LogP) is 3.66. The van der Waals surface area contributed by atoms with Crippen LogP contribution in [0.4, 0.5) is 0 Å². The van der Waals surface area contributed by atoms with Gasteiger partial charge in [-0.1, -0.05) is 27.7 Å². The first-order valence-electron chi connectivity index (χ1n) is 4.25. The van der Waals surface area contributed by atoms with Gasteiger partial charge in [0.1, 0.15) is 0 Å². The Bertz CT molecular complexity index is 236. The molecule has 2 N–H and O–H groups in total. The Labute approximate surface area is 94.0 Å². The first kappa shape index (κ1) is 12.8. The van der Waals surface area contributed by atoms with E-state index in [0.29, 0.717) is 9.64 Å². The molecule has 0 aromatic rings. The van der Waals surface area contributed by atoms with Crippen LogP contribution in [0.5, 0.6) is 0 Å². The average molecular weight is 292 g/mol. The van der Waals surface area contributed by atoms with Crippen LogP contribution in [0.15, 0.2) is 11.6 Å². The fourth-order valence-electron chi connectivity index (χ4n) is 0.938. The third-order valence-corrected chi connectivity index (χ3v) is 2.57. The van der Waals surface area contributed by atoms with E-state index in [1.54, 1.807) is 6.08 Å². The Morgan fingerprint density at radius 1 is 1.38 bits per heavy atom. The molecule has 0 bridgehead atoms. The van der Waals surface area contributed by atoms with Crippen LogP contribution in [0.25, 0.3) is 0 Å². The maximum absolute atomic E-state index is 7.33. The fourth-order valence-corrected chi connectivity index (χ4v) is 1.30. The fraction of sp³-hybridized carbons (Fsp3) is 0.600. The summed E-state index contributed by atoms with van der Waals surface area (Å²) in [6.45, 7) is 8.53. The van der Waals surface area contributed by atoms with E-state index in [2.05, 4.69) is 27.7 Å². The maximum Gasteiger partial charge on any atom is 0.0923 e. The molecule has 0 saturated heterocycles. The predicted molar refractivity (Wildman–Crippen MR) is 67.2 cm³/mol. The van der Waals surface area contributed by atoms with Gasteiger partial charge in [0.2, 0.25) is 0 Å². The van der Waals surface area contributed by atoms with Gasteiger partial charge in [0.15, 0.2) is 0 Å². The minimum Gasteiger partial charge on any atom is -0.308 e. The Kier molecular flexibility index (Phi) is 4.81. The van der Waals surface area contributed by atoms with Crippen molar-refractivity contribution in [3.63, 3.8) is 0 Å². The summed E-state index contributed by atoms with van der Waals surface area (Å²) < 4.78 is 0.479. The smallest absolute Gasteiger partial charge is 0.0923 e. The molecule has 2 nitrogen and oxygen atoms in total. The molecule has 0 spiro atoms. The highest BCUT2D eigenvalue weighted by Crippen LogP contribution is 2.30. The zero-order valence-corrected chi connectivity index (χ0v) is 10.8. The molecule has 0 aliphatic heterocycles. The van der Waals surface area contributed by atoms with E-state index in [0.717, 1.165) is 5.57 Å². The lowest BCUT2D eigenvalue weighted by Gasteiger charge is -2.27. The second kappa shape index (κ2) is 4.88. The maximum atomic E-state index is 7.33. The average Bonchev–Trinajstić information content (AvgIpc) is 1.96. The Morgan fingerprint density at radius 2 is 1.85 bits per heavy atom. The van der Waals surface area contributed by atoms with Gasteiger partial charge < -0.3 is 5.41 Å². The van der Waals surface area contributed by atoms with Crippen molar-refractivity contribution in [2.75, 3.05) is 0 Å². The van der Waals surface area contributed by atoms with Crippen LogP contribution >= 0.6 is 22.6 Å². The molecule has 0 rings (SSSR count). The Balaban J connectivity index is 4.80. The number of hydrogen-bond donors (Lipinski definition) is 2. The van der Waals surface area contributed by atoms with Gasteiger partial charge in [-0.2, -0.15) is 0 Å². The lowest BCUT2D eigenvalue weighted by atomic mass is 9.78. The van der Waals surface area contributed by atoms with Gasteiger partial charge in [-0.05, 0) is 45.6 Å². The van der Waals surface area contributed by atoms with Gasteiger partial charge >= 0.3 is 0 Å². The monoisotopic (exact) mass is 292 g/mol. The van der Waals surface area contributed by atoms with Crippen molar-refractivity contribution >= 4 is 32.5 Å². The molecule has 0 aliphatic rings. The summed E-state index contributed by atoms with van der Waals surface area (Å²) in [4.78, 5) is 0.